The van der Waals surface area contributed by atoms with Gasteiger partial charge in [-0.3, -0.25) is 4.79 Å². The number of carbonyl (C=O) groups is 1. The molecule has 2 N–H and O–H groups in total. The Hall–Kier alpha value is -1.13. The molecule has 0 bridgehead atoms. The van der Waals surface area contributed by atoms with E-state index in [-0.39, 0.29) is 5.91 Å². The van der Waals surface area contributed by atoms with Crippen molar-refractivity contribution in [1.82, 2.24) is 5.32 Å². The number of amides is 1. The van der Waals surface area contributed by atoms with Gasteiger partial charge in [-0.05, 0) is 42.5 Å². The molecular formula is C14H16BrNO2. The van der Waals surface area contributed by atoms with E-state index in [9.17, 15) is 9.90 Å². The summed E-state index contributed by atoms with van der Waals surface area (Å²) in [5.74, 6) is 0.217. The van der Waals surface area contributed by atoms with Crippen LogP contribution < -0.4 is 5.32 Å². The average Bonchev–Trinajstić information content (AvgIpc) is 3.17. The summed E-state index contributed by atoms with van der Waals surface area (Å²) in [6.45, 7) is 0.340. The van der Waals surface area contributed by atoms with Crippen LogP contribution in [-0.4, -0.2) is 23.7 Å². The number of carbonyl (C=O) groups excluding carboxylic acids is 1. The van der Waals surface area contributed by atoms with Crippen molar-refractivity contribution in [2.24, 2.45) is 5.92 Å². The third-order valence-corrected chi connectivity index (χ3v) is 3.42. The van der Waals surface area contributed by atoms with E-state index in [1.165, 1.54) is 6.08 Å². The largest absolute Gasteiger partial charge is 0.391 e. The van der Waals surface area contributed by atoms with Crippen molar-refractivity contribution in [2.45, 2.75) is 18.9 Å². The van der Waals surface area contributed by atoms with Crippen LogP contribution in [-0.2, 0) is 4.79 Å². The summed E-state index contributed by atoms with van der Waals surface area (Å²) in [7, 11) is 0. The third-order valence-electron chi connectivity index (χ3n) is 2.93. The Morgan fingerprint density at radius 3 is 3.00 bits per heavy atom. The minimum absolute atomic E-state index is 0.172. The zero-order valence-electron chi connectivity index (χ0n) is 9.97. The summed E-state index contributed by atoms with van der Waals surface area (Å²) >= 11 is 3.37. The minimum atomic E-state index is -0.395. The highest BCUT2D eigenvalue weighted by atomic mass is 79.9. The lowest BCUT2D eigenvalue weighted by Gasteiger charge is -2.08. The molecule has 1 fully saturated rings. The molecule has 1 saturated carbocycles. The molecule has 1 unspecified atom stereocenters. The number of aliphatic hydroxyl groups is 1. The first-order valence-electron chi connectivity index (χ1n) is 6.04. The number of hydrogen-bond donors (Lipinski definition) is 2. The molecule has 1 aliphatic rings. The lowest BCUT2D eigenvalue weighted by atomic mass is 10.2. The summed E-state index contributed by atoms with van der Waals surface area (Å²) < 4.78 is 0.981. The highest BCUT2D eigenvalue weighted by Crippen LogP contribution is 2.32. The number of nitrogens with one attached hydrogen (secondary N) is 1. The molecule has 3 nitrogen and oxygen atoms in total. The van der Waals surface area contributed by atoms with Crippen LogP contribution in [0.15, 0.2) is 34.8 Å². The van der Waals surface area contributed by atoms with Crippen molar-refractivity contribution in [1.29, 1.82) is 0 Å². The molecule has 0 spiro atoms. The van der Waals surface area contributed by atoms with Crippen LogP contribution in [0.25, 0.3) is 6.08 Å². The summed E-state index contributed by atoms with van der Waals surface area (Å²) in [5.41, 5.74) is 0.960. The molecule has 1 aromatic carbocycles. The van der Waals surface area contributed by atoms with Crippen LogP contribution in [0.1, 0.15) is 18.4 Å². The lowest BCUT2D eigenvalue weighted by Crippen LogP contribution is -2.31. The fraction of sp³-hybridized carbons (Fsp3) is 0.357. The van der Waals surface area contributed by atoms with Crippen molar-refractivity contribution in [3.8, 4) is 0 Å². The Labute approximate surface area is 115 Å². The Balaban J connectivity index is 1.79. The molecule has 1 aliphatic carbocycles. The minimum Gasteiger partial charge on any atom is -0.391 e. The van der Waals surface area contributed by atoms with E-state index >= 15 is 0 Å². The summed E-state index contributed by atoms with van der Waals surface area (Å²) in [6.07, 6.45) is 4.99. The topological polar surface area (TPSA) is 49.3 Å². The van der Waals surface area contributed by atoms with Crippen molar-refractivity contribution in [2.75, 3.05) is 6.54 Å². The van der Waals surface area contributed by atoms with Gasteiger partial charge in [-0.15, -0.1) is 0 Å². The van der Waals surface area contributed by atoms with Crippen LogP contribution in [0.2, 0.25) is 0 Å². The standard InChI is InChI=1S/C14H16BrNO2/c15-12-3-1-2-10(8-12)4-7-14(18)16-9-13(17)11-5-6-11/h1-4,7-8,11,13,17H,5-6,9H2,(H,16,18). The number of aliphatic hydroxyl groups excluding tert-OH is 1. The predicted octanol–water partition coefficient (Wildman–Crippen LogP) is 2.35. The molecule has 2 rings (SSSR count). The first-order chi connectivity index (χ1) is 8.65. The molecule has 1 amide bonds. The first-order valence-corrected chi connectivity index (χ1v) is 6.84. The molecule has 18 heavy (non-hydrogen) atoms. The molecule has 96 valence electrons. The van der Waals surface area contributed by atoms with Gasteiger partial charge in [-0.1, -0.05) is 28.1 Å². The molecule has 0 heterocycles. The maximum absolute atomic E-state index is 11.5. The average molecular weight is 310 g/mol. The fourth-order valence-electron chi connectivity index (χ4n) is 1.69. The van der Waals surface area contributed by atoms with E-state index in [4.69, 9.17) is 0 Å². The highest BCUT2D eigenvalue weighted by Gasteiger charge is 2.29. The van der Waals surface area contributed by atoms with Gasteiger partial charge in [0.15, 0.2) is 0 Å². The quantitative estimate of drug-likeness (QED) is 0.820. The smallest absolute Gasteiger partial charge is 0.244 e. The van der Waals surface area contributed by atoms with Crippen molar-refractivity contribution >= 4 is 27.9 Å². The number of rotatable bonds is 5. The number of halogens is 1. The molecule has 0 saturated heterocycles. The molecule has 0 aliphatic heterocycles. The molecular weight excluding hydrogens is 294 g/mol. The van der Waals surface area contributed by atoms with Gasteiger partial charge in [-0.25, -0.2) is 0 Å². The lowest BCUT2D eigenvalue weighted by molar-refractivity contribution is -0.116. The zero-order chi connectivity index (χ0) is 13.0. The highest BCUT2D eigenvalue weighted by molar-refractivity contribution is 9.10. The Morgan fingerprint density at radius 2 is 2.33 bits per heavy atom. The van der Waals surface area contributed by atoms with Crippen molar-refractivity contribution in [3.63, 3.8) is 0 Å². The third kappa shape index (κ3) is 4.27. The zero-order valence-corrected chi connectivity index (χ0v) is 11.6. The maximum atomic E-state index is 11.5. The van der Waals surface area contributed by atoms with E-state index in [0.29, 0.717) is 12.5 Å². The monoisotopic (exact) mass is 309 g/mol. The second kappa shape index (κ2) is 6.16. The van der Waals surface area contributed by atoms with E-state index < -0.39 is 6.10 Å². The first kappa shape index (κ1) is 13.3. The maximum Gasteiger partial charge on any atom is 0.244 e. The molecule has 1 atom stereocenters. The molecule has 4 heteroatoms. The number of hydrogen-bond acceptors (Lipinski definition) is 2. The van der Waals surface area contributed by atoms with Gasteiger partial charge in [-0.2, -0.15) is 0 Å². The summed E-state index contributed by atoms with van der Waals surface area (Å²) in [6, 6.07) is 7.71. The van der Waals surface area contributed by atoms with Crippen molar-refractivity contribution in [3.05, 3.63) is 40.4 Å². The van der Waals surface area contributed by atoms with Gasteiger partial charge in [0.25, 0.3) is 0 Å². The van der Waals surface area contributed by atoms with Crippen LogP contribution in [0.5, 0.6) is 0 Å². The van der Waals surface area contributed by atoms with Crippen LogP contribution in [0, 0.1) is 5.92 Å². The fourth-order valence-corrected chi connectivity index (χ4v) is 2.11. The van der Waals surface area contributed by atoms with Crippen LogP contribution >= 0.6 is 15.9 Å². The number of benzene rings is 1. The van der Waals surface area contributed by atoms with Gasteiger partial charge in [0.1, 0.15) is 0 Å². The summed E-state index contributed by atoms with van der Waals surface area (Å²) in [5, 5.41) is 12.3. The molecule has 1 aromatic rings. The summed E-state index contributed by atoms with van der Waals surface area (Å²) in [4.78, 5) is 11.5. The van der Waals surface area contributed by atoms with E-state index in [1.54, 1.807) is 6.08 Å². The van der Waals surface area contributed by atoms with Gasteiger partial charge in [0, 0.05) is 17.1 Å². The van der Waals surface area contributed by atoms with E-state index in [0.717, 1.165) is 22.9 Å². The normalized spacial score (nSPS) is 16.8. The van der Waals surface area contributed by atoms with E-state index in [1.807, 2.05) is 24.3 Å². The van der Waals surface area contributed by atoms with Crippen LogP contribution in [0.3, 0.4) is 0 Å². The predicted molar refractivity (Wildman–Crippen MR) is 74.9 cm³/mol. The Morgan fingerprint density at radius 1 is 1.56 bits per heavy atom. The molecule has 0 aromatic heterocycles. The SMILES string of the molecule is O=C(C=Cc1cccc(Br)c1)NCC(O)C1CC1. The van der Waals surface area contributed by atoms with Gasteiger partial charge >= 0.3 is 0 Å². The Kier molecular flexibility index (Phi) is 4.55. The van der Waals surface area contributed by atoms with Crippen LogP contribution in [0.4, 0.5) is 0 Å². The van der Waals surface area contributed by atoms with Gasteiger partial charge in [0.2, 0.25) is 5.91 Å². The van der Waals surface area contributed by atoms with Crippen molar-refractivity contribution < 1.29 is 9.90 Å². The second-order valence-electron chi connectivity index (χ2n) is 4.54. The van der Waals surface area contributed by atoms with Gasteiger partial charge in [0.05, 0.1) is 6.10 Å². The van der Waals surface area contributed by atoms with E-state index in [2.05, 4.69) is 21.2 Å². The Bertz CT molecular complexity index is 455. The second-order valence-corrected chi connectivity index (χ2v) is 5.45. The molecule has 0 radical (unpaired) electrons. The van der Waals surface area contributed by atoms with Gasteiger partial charge < -0.3 is 10.4 Å².